The van der Waals surface area contributed by atoms with E-state index in [0.29, 0.717) is 5.75 Å². The largest absolute Gasteiger partial charge is 0.490 e. The van der Waals surface area contributed by atoms with Gasteiger partial charge in [-0.1, -0.05) is 36.4 Å². The Morgan fingerprint density at radius 2 is 1.96 bits per heavy atom. The van der Waals surface area contributed by atoms with Gasteiger partial charge in [-0.3, -0.25) is 14.3 Å². The number of hydrogen-bond donors (Lipinski definition) is 2. The van der Waals surface area contributed by atoms with Gasteiger partial charge in [0.15, 0.2) is 0 Å². The van der Waals surface area contributed by atoms with Crippen LogP contribution in [0.3, 0.4) is 0 Å². The molecule has 2 aromatic carbocycles. The molecule has 3 atom stereocenters. The number of aliphatic hydroxyl groups excluding tert-OH is 1. The van der Waals surface area contributed by atoms with Gasteiger partial charge in [0.2, 0.25) is 0 Å². The SMILES string of the molecule is O=c1ccn([C@H]2C[C@H](O)[C@@H](COc3cccc4ccccc34)O2)c(=O)[nH]1. The molecule has 0 amide bonds. The highest BCUT2D eigenvalue weighted by molar-refractivity contribution is 5.88. The normalized spacial score (nSPS) is 22.6. The van der Waals surface area contributed by atoms with E-state index in [4.69, 9.17) is 9.47 Å². The second-order valence-electron chi connectivity index (χ2n) is 6.24. The van der Waals surface area contributed by atoms with Crippen LogP contribution in [-0.4, -0.2) is 33.5 Å². The van der Waals surface area contributed by atoms with Crippen molar-refractivity contribution in [1.82, 2.24) is 9.55 Å². The molecule has 1 aliphatic heterocycles. The van der Waals surface area contributed by atoms with E-state index in [0.717, 1.165) is 10.8 Å². The third-order valence-electron chi connectivity index (χ3n) is 4.52. The molecule has 0 saturated carbocycles. The predicted octanol–water partition coefficient (Wildman–Crippen LogP) is 1.42. The maximum Gasteiger partial charge on any atom is 0.330 e. The van der Waals surface area contributed by atoms with Crippen molar-refractivity contribution >= 4 is 10.8 Å². The van der Waals surface area contributed by atoms with Gasteiger partial charge in [-0.15, -0.1) is 0 Å². The van der Waals surface area contributed by atoms with Crippen LogP contribution in [0.15, 0.2) is 64.3 Å². The summed E-state index contributed by atoms with van der Waals surface area (Å²) >= 11 is 0. The second kappa shape index (κ2) is 6.78. The lowest BCUT2D eigenvalue weighted by Crippen LogP contribution is -2.32. The standard InChI is InChI=1S/C19H18N2O5/c22-14-10-18(21-9-8-17(23)20-19(21)24)26-16(14)11-25-15-7-3-5-12-4-1-2-6-13(12)15/h1-9,14,16,18,22H,10-11H2,(H,20,23,24)/t14-,16+,18+/m0/s1. The van der Waals surface area contributed by atoms with Crippen molar-refractivity contribution in [1.29, 1.82) is 0 Å². The van der Waals surface area contributed by atoms with Crippen molar-refractivity contribution in [2.75, 3.05) is 6.61 Å². The van der Waals surface area contributed by atoms with E-state index in [1.54, 1.807) is 0 Å². The van der Waals surface area contributed by atoms with E-state index in [9.17, 15) is 14.7 Å². The molecule has 0 radical (unpaired) electrons. The molecule has 7 nitrogen and oxygen atoms in total. The first-order valence-corrected chi connectivity index (χ1v) is 8.37. The number of fused-ring (bicyclic) bond motifs is 1. The minimum Gasteiger partial charge on any atom is -0.490 e. The highest BCUT2D eigenvalue weighted by Crippen LogP contribution is 2.30. The van der Waals surface area contributed by atoms with Crippen LogP contribution >= 0.6 is 0 Å². The summed E-state index contributed by atoms with van der Waals surface area (Å²) in [5.74, 6) is 0.712. The topological polar surface area (TPSA) is 93.6 Å². The number of aromatic amines is 1. The molecule has 0 aliphatic carbocycles. The fourth-order valence-electron chi connectivity index (χ4n) is 3.18. The van der Waals surface area contributed by atoms with Crippen LogP contribution in [0.25, 0.3) is 10.8 Å². The Labute approximate surface area is 148 Å². The number of rotatable bonds is 4. The molecular weight excluding hydrogens is 336 g/mol. The summed E-state index contributed by atoms with van der Waals surface area (Å²) in [6.45, 7) is 0.157. The molecule has 7 heteroatoms. The molecule has 3 aromatic rings. The maximum absolute atomic E-state index is 11.9. The molecule has 0 unspecified atom stereocenters. The first-order chi connectivity index (χ1) is 12.6. The Balaban J connectivity index is 1.49. The molecule has 26 heavy (non-hydrogen) atoms. The van der Waals surface area contributed by atoms with Crippen molar-refractivity contribution in [3.05, 3.63) is 75.6 Å². The van der Waals surface area contributed by atoms with Gasteiger partial charge in [0.05, 0.1) is 6.10 Å². The fourth-order valence-corrected chi connectivity index (χ4v) is 3.18. The monoisotopic (exact) mass is 354 g/mol. The van der Waals surface area contributed by atoms with Crippen LogP contribution < -0.4 is 16.0 Å². The summed E-state index contributed by atoms with van der Waals surface area (Å²) in [4.78, 5) is 25.2. The van der Waals surface area contributed by atoms with Gasteiger partial charge >= 0.3 is 5.69 Å². The number of hydrogen-bond acceptors (Lipinski definition) is 5. The Kier molecular flexibility index (Phi) is 4.32. The van der Waals surface area contributed by atoms with E-state index in [1.807, 2.05) is 42.5 Å². The van der Waals surface area contributed by atoms with Crippen LogP contribution in [0.2, 0.25) is 0 Å². The van der Waals surface area contributed by atoms with Gasteiger partial charge in [-0.2, -0.15) is 0 Å². The van der Waals surface area contributed by atoms with Crippen molar-refractivity contribution in [2.45, 2.75) is 24.9 Å². The Morgan fingerprint density at radius 1 is 1.15 bits per heavy atom. The smallest absolute Gasteiger partial charge is 0.330 e. The van der Waals surface area contributed by atoms with Crippen LogP contribution in [0.4, 0.5) is 0 Å². The quantitative estimate of drug-likeness (QED) is 0.739. The molecule has 0 spiro atoms. The average Bonchev–Trinajstić information content (AvgIpc) is 3.00. The molecule has 2 N–H and O–H groups in total. The maximum atomic E-state index is 11.9. The number of ether oxygens (including phenoxy) is 2. The molecular formula is C19H18N2O5. The van der Waals surface area contributed by atoms with Gasteiger partial charge in [-0.25, -0.2) is 4.79 Å². The summed E-state index contributed by atoms with van der Waals surface area (Å²) < 4.78 is 12.9. The number of aliphatic hydroxyl groups is 1. The average molecular weight is 354 g/mol. The summed E-state index contributed by atoms with van der Waals surface area (Å²) in [5.41, 5.74) is -1.04. The predicted molar refractivity (Wildman–Crippen MR) is 95.3 cm³/mol. The Morgan fingerprint density at radius 3 is 2.81 bits per heavy atom. The van der Waals surface area contributed by atoms with E-state index in [1.165, 1.54) is 16.8 Å². The van der Waals surface area contributed by atoms with Crippen LogP contribution in [0.5, 0.6) is 5.75 Å². The van der Waals surface area contributed by atoms with Crippen molar-refractivity contribution < 1.29 is 14.6 Å². The van der Waals surface area contributed by atoms with Crippen molar-refractivity contribution in [3.63, 3.8) is 0 Å². The van der Waals surface area contributed by atoms with Gasteiger partial charge < -0.3 is 14.6 Å². The summed E-state index contributed by atoms with van der Waals surface area (Å²) in [7, 11) is 0. The van der Waals surface area contributed by atoms with E-state index < -0.39 is 29.7 Å². The molecule has 1 aromatic heterocycles. The van der Waals surface area contributed by atoms with Crippen LogP contribution in [-0.2, 0) is 4.74 Å². The zero-order valence-electron chi connectivity index (χ0n) is 13.9. The van der Waals surface area contributed by atoms with Gasteiger partial charge in [0, 0.05) is 24.1 Å². The minimum absolute atomic E-state index is 0.157. The zero-order valence-corrected chi connectivity index (χ0v) is 13.9. The summed E-state index contributed by atoms with van der Waals surface area (Å²) in [5, 5.41) is 12.3. The van der Waals surface area contributed by atoms with Gasteiger partial charge in [0.25, 0.3) is 5.56 Å². The molecule has 4 rings (SSSR count). The minimum atomic E-state index is -0.770. The number of H-pyrrole nitrogens is 1. The number of nitrogens with one attached hydrogen (secondary N) is 1. The Bertz CT molecular complexity index is 1040. The Hall–Kier alpha value is -2.90. The molecule has 1 saturated heterocycles. The molecule has 134 valence electrons. The number of nitrogens with zero attached hydrogens (tertiary/aromatic N) is 1. The third-order valence-corrected chi connectivity index (χ3v) is 4.52. The van der Waals surface area contributed by atoms with E-state index >= 15 is 0 Å². The highest BCUT2D eigenvalue weighted by Gasteiger charge is 2.36. The lowest BCUT2D eigenvalue weighted by molar-refractivity contribution is -0.0407. The van der Waals surface area contributed by atoms with Crippen molar-refractivity contribution in [2.24, 2.45) is 0 Å². The molecule has 1 fully saturated rings. The highest BCUT2D eigenvalue weighted by atomic mass is 16.6. The molecule has 1 aliphatic rings. The molecule has 0 bridgehead atoms. The van der Waals surface area contributed by atoms with E-state index in [-0.39, 0.29) is 13.0 Å². The zero-order chi connectivity index (χ0) is 18.1. The summed E-state index contributed by atoms with van der Waals surface area (Å²) in [6.07, 6.45) is -0.371. The van der Waals surface area contributed by atoms with E-state index in [2.05, 4.69) is 4.98 Å². The second-order valence-corrected chi connectivity index (χ2v) is 6.24. The first kappa shape index (κ1) is 16.6. The number of aromatic nitrogens is 2. The fraction of sp³-hybridized carbons (Fsp3) is 0.263. The van der Waals surface area contributed by atoms with Crippen LogP contribution in [0.1, 0.15) is 12.6 Å². The summed E-state index contributed by atoms with van der Waals surface area (Å²) in [6, 6.07) is 14.9. The van der Waals surface area contributed by atoms with Gasteiger partial charge in [0.1, 0.15) is 24.7 Å². The van der Waals surface area contributed by atoms with Crippen molar-refractivity contribution in [3.8, 4) is 5.75 Å². The lowest BCUT2D eigenvalue weighted by Gasteiger charge is -2.17. The first-order valence-electron chi connectivity index (χ1n) is 8.37. The molecule has 2 heterocycles. The van der Waals surface area contributed by atoms with Gasteiger partial charge in [-0.05, 0) is 11.5 Å². The van der Waals surface area contributed by atoms with Crippen LogP contribution in [0, 0.1) is 0 Å². The third kappa shape index (κ3) is 3.14. The lowest BCUT2D eigenvalue weighted by atomic mass is 10.1. The number of benzene rings is 2.